The van der Waals surface area contributed by atoms with Crippen molar-refractivity contribution < 1.29 is 10.2 Å². The first-order valence-electron chi connectivity index (χ1n) is 9.26. The van der Waals surface area contributed by atoms with E-state index in [4.69, 9.17) is 0 Å². The summed E-state index contributed by atoms with van der Waals surface area (Å²) in [5.74, 6) is 0.250. The van der Waals surface area contributed by atoms with Gasteiger partial charge in [0.25, 0.3) is 5.56 Å². The van der Waals surface area contributed by atoms with Crippen LogP contribution in [0.3, 0.4) is 0 Å². The van der Waals surface area contributed by atoms with Gasteiger partial charge in [-0.25, -0.2) is 4.98 Å². The van der Waals surface area contributed by atoms with Gasteiger partial charge in [0.2, 0.25) is 5.95 Å². The number of phenols is 2. The second-order valence-electron chi connectivity index (χ2n) is 6.78. The number of nitrogens with zero attached hydrogens (tertiary/aromatic N) is 2. The van der Waals surface area contributed by atoms with Gasteiger partial charge in [0, 0.05) is 36.6 Å². The molecule has 0 atom stereocenters. The topological polar surface area (TPSA) is 111 Å². The van der Waals surface area contributed by atoms with E-state index < -0.39 is 0 Å². The number of aryl methyl sites for hydroxylation is 2. The summed E-state index contributed by atoms with van der Waals surface area (Å²) in [6, 6.07) is 8.74. The van der Waals surface area contributed by atoms with Gasteiger partial charge in [0.05, 0.1) is 0 Å². The number of hydrogen-bond donors (Lipinski definition) is 4. The Morgan fingerprint density at radius 1 is 1.00 bits per heavy atom. The number of H-pyrrole nitrogens is 1. The second kappa shape index (κ2) is 9.03. The highest BCUT2D eigenvalue weighted by Gasteiger charge is 2.05. The van der Waals surface area contributed by atoms with Crippen molar-refractivity contribution in [2.24, 2.45) is 0 Å². The van der Waals surface area contributed by atoms with Gasteiger partial charge in [-0.05, 0) is 55.5 Å². The van der Waals surface area contributed by atoms with E-state index in [1.807, 2.05) is 19.1 Å². The summed E-state index contributed by atoms with van der Waals surface area (Å²) in [4.78, 5) is 23.5. The molecule has 0 aliphatic carbocycles. The summed E-state index contributed by atoms with van der Waals surface area (Å²) in [6.07, 6.45) is 6.44. The summed E-state index contributed by atoms with van der Waals surface area (Å²) in [5.41, 5.74) is 3.33. The highest BCUT2D eigenvalue weighted by atomic mass is 16.3. The SMILES string of the molecule is Cc1ccc(Cc2cnc(NCCCCc3ccc(O)c(O)c3)[nH]c2=O)cn1. The monoisotopic (exact) mass is 380 g/mol. The zero-order valence-electron chi connectivity index (χ0n) is 15.8. The van der Waals surface area contributed by atoms with Gasteiger partial charge >= 0.3 is 0 Å². The Labute approximate surface area is 163 Å². The molecule has 0 amide bonds. The number of anilines is 1. The Morgan fingerprint density at radius 2 is 1.82 bits per heavy atom. The first-order chi connectivity index (χ1) is 13.5. The van der Waals surface area contributed by atoms with Crippen molar-refractivity contribution in [2.45, 2.75) is 32.6 Å². The van der Waals surface area contributed by atoms with Crippen LogP contribution in [-0.2, 0) is 12.8 Å². The van der Waals surface area contributed by atoms with Crippen molar-refractivity contribution in [3.8, 4) is 11.5 Å². The fourth-order valence-corrected chi connectivity index (χ4v) is 2.85. The Bertz CT molecular complexity index is 984. The number of rotatable bonds is 8. The molecule has 0 fully saturated rings. The average molecular weight is 380 g/mol. The van der Waals surface area contributed by atoms with Gasteiger partial charge in [-0.1, -0.05) is 12.1 Å². The molecule has 0 saturated carbocycles. The van der Waals surface area contributed by atoms with Crippen molar-refractivity contribution in [3.05, 3.63) is 75.5 Å². The maximum absolute atomic E-state index is 12.2. The third kappa shape index (κ3) is 5.33. The van der Waals surface area contributed by atoms with E-state index in [1.165, 1.54) is 6.07 Å². The van der Waals surface area contributed by atoms with Crippen molar-refractivity contribution in [1.82, 2.24) is 15.0 Å². The molecule has 7 nitrogen and oxygen atoms in total. The molecule has 0 bridgehead atoms. The Balaban J connectivity index is 1.46. The molecule has 0 spiro atoms. The number of hydrogen-bond acceptors (Lipinski definition) is 6. The van der Waals surface area contributed by atoms with E-state index in [0.29, 0.717) is 24.5 Å². The number of aromatic nitrogens is 3. The first kappa shape index (κ1) is 19.4. The number of unbranched alkanes of at least 4 members (excludes halogenated alkanes) is 1. The van der Waals surface area contributed by atoms with Crippen LogP contribution in [0.4, 0.5) is 5.95 Å². The molecule has 28 heavy (non-hydrogen) atoms. The fourth-order valence-electron chi connectivity index (χ4n) is 2.85. The summed E-state index contributed by atoms with van der Waals surface area (Å²) >= 11 is 0. The van der Waals surface area contributed by atoms with E-state index >= 15 is 0 Å². The largest absolute Gasteiger partial charge is 0.504 e. The predicted octanol–water partition coefficient (Wildman–Crippen LogP) is 2.91. The second-order valence-corrected chi connectivity index (χ2v) is 6.78. The molecule has 2 heterocycles. The normalized spacial score (nSPS) is 10.8. The van der Waals surface area contributed by atoms with Crippen molar-refractivity contribution in [3.63, 3.8) is 0 Å². The van der Waals surface area contributed by atoms with Crippen molar-refractivity contribution in [1.29, 1.82) is 0 Å². The average Bonchev–Trinajstić information content (AvgIpc) is 2.68. The predicted molar refractivity (Wildman–Crippen MR) is 108 cm³/mol. The van der Waals surface area contributed by atoms with Crippen LogP contribution in [0, 0.1) is 6.92 Å². The number of phenolic OH excluding ortho intramolecular Hbond substituents is 2. The van der Waals surface area contributed by atoms with E-state index in [1.54, 1.807) is 24.5 Å². The number of aromatic hydroxyl groups is 2. The van der Waals surface area contributed by atoms with Gasteiger partial charge in [-0.15, -0.1) is 0 Å². The van der Waals surface area contributed by atoms with Crippen LogP contribution in [0.5, 0.6) is 11.5 Å². The van der Waals surface area contributed by atoms with Gasteiger partial charge in [0.15, 0.2) is 11.5 Å². The number of nitrogens with one attached hydrogen (secondary N) is 2. The summed E-state index contributed by atoms with van der Waals surface area (Å²) in [7, 11) is 0. The third-order valence-corrected chi connectivity index (χ3v) is 4.46. The molecule has 2 aromatic heterocycles. The highest BCUT2D eigenvalue weighted by Crippen LogP contribution is 2.25. The van der Waals surface area contributed by atoms with E-state index in [-0.39, 0.29) is 17.1 Å². The smallest absolute Gasteiger partial charge is 0.255 e. The molecule has 146 valence electrons. The molecule has 3 rings (SSSR count). The highest BCUT2D eigenvalue weighted by molar-refractivity contribution is 5.40. The van der Waals surface area contributed by atoms with Crippen molar-refractivity contribution in [2.75, 3.05) is 11.9 Å². The van der Waals surface area contributed by atoms with Crippen LogP contribution in [-0.4, -0.2) is 31.7 Å². The summed E-state index contributed by atoms with van der Waals surface area (Å²) < 4.78 is 0. The number of benzene rings is 1. The molecule has 0 radical (unpaired) electrons. The van der Waals surface area contributed by atoms with E-state index in [2.05, 4.69) is 20.3 Å². The van der Waals surface area contributed by atoms with E-state index in [0.717, 1.165) is 36.1 Å². The molecular formula is C21H24N4O3. The molecule has 4 N–H and O–H groups in total. The number of aromatic amines is 1. The molecule has 0 aliphatic rings. The van der Waals surface area contributed by atoms with Gasteiger partial charge in [-0.2, -0.15) is 0 Å². The van der Waals surface area contributed by atoms with Crippen LogP contribution in [0.25, 0.3) is 0 Å². The molecule has 0 aliphatic heterocycles. The maximum atomic E-state index is 12.2. The fraction of sp³-hybridized carbons (Fsp3) is 0.286. The van der Waals surface area contributed by atoms with Crippen LogP contribution < -0.4 is 10.9 Å². The molecule has 0 unspecified atom stereocenters. The summed E-state index contributed by atoms with van der Waals surface area (Å²) in [6.45, 7) is 2.60. The molecule has 3 aromatic rings. The van der Waals surface area contributed by atoms with E-state index in [9.17, 15) is 15.0 Å². The van der Waals surface area contributed by atoms with Gasteiger partial charge < -0.3 is 15.5 Å². The van der Waals surface area contributed by atoms with Crippen molar-refractivity contribution >= 4 is 5.95 Å². The Morgan fingerprint density at radius 3 is 2.54 bits per heavy atom. The lowest BCUT2D eigenvalue weighted by molar-refractivity contribution is 0.403. The van der Waals surface area contributed by atoms with Crippen LogP contribution in [0.1, 0.15) is 35.2 Å². The van der Waals surface area contributed by atoms with Gasteiger partial charge in [-0.3, -0.25) is 14.8 Å². The summed E-state index contributed by atoms with van der Waals surface area (Å²) in [5, 5.41) is 21.9. The molecular weight excluding hydrogens is 356 g/mol. The van der Waals surface area contributed by atoms with Crippen LogP contribution in [0.15, 0.2) is 47.5 Å². The standard InChI is InChI=1S/C21H24N4O3/c1-14-5-6-16(12-23-14)10-17-13-24-21(25-20(17)28)22-9-3-2-4-15-7-8-18(26)19(27)11-15/h5-8,11-13,26-27H,2-4,9-10H2,1H3,(H2,22,24,25,28). The minimum absolute atomic E-state index is 0.0982. The lowest BCUT2D eigenvalue weighted by Gasteiger charge is -2.07. The third-order valence-electron chi connectivity index (χ3n) is 4.46. The molecule has 0 saturated heterocycles. The van der Waals surface area contributed by atoms with Crippen LogP contribution >= 0.6 is 0 Å². The first-order valence-corrected chi connectivity index (χ1v) is 9.26. The Kier molecular flexibility index (Phi) is 6.26. The molecule has 1 aromatic carbocycles. The lowest BCUT2D eigenvalue weighted by atomic mass is 10.1. The minimum atomic E-state index is -0.155. The maximum Gasteiger partial charge on any atom is 0.255 e. The number of pyridine rings is 1. The zero-order chi connectivity index (χ0) is 19.9. The lowest BCUT2D eigenvalue weighted by Crippen LogP contribution is -2.17. The Hall–Kier alpha value is -3.35. The zero-order valence-corrected chi connectivity index (χ0v) is 15.8. The quantitative estimate of drug-likeness (QED) is 0.353. The minimum Gasteiger partial charge on any atom is -0.504 e. The van der Waals surface area contributed by atoms with Crippen LogP contribution in [0.2, 0.25) is 0 Å². The van der Waals surface area contributed by atoms with Gasteiger partial charge in [0.1, 0.15) is 0 Å². The molecule has 7 heteroatoms.